The molecule has 3 rings (SSSR count). The number of likely N-dealkylation sites (tertiary alicyclic amines) is 1. The van der Waals surface area contributed by atoms with Crippen LogP contribution in [-0.2, 0) is 6.42 Å². The molecule has 0 unspecified atom stereocenters. The third kappa shape index (κ3) is 4.38. The van der Waals surface area contributed by atoms with E-state index in [1.54, 1.807) is 0 Å². The Morgan fingerprint density at radius 1 is 1.21 bits per heavy atom. The van der Waals surface area contributed by atoms with E-state index in [9.17, 15) is 4.79 Å². The molecule has 0 radical (unpaired) electrons. The molecule has 24 heavy (non-hydrogen) atoms. The lowest BCUT2D eigenvalue weighted by atomic mass is 9.90. The van der Waals surface area contributed by atoms with Crippen molar-refractivity contribution in [1.82, 2.24) is 4.90 Å². The predicted octanol–water partition coefficient (Wildman–Crippen LogP) is 4.63. The van der Waals surface area contributed by atoms with E-state index in [4.69, 9.17) is 4.74 Å². The molecular formula is C20H25NO2S. The van der Waals surface area contributed by atoms with Gasteiger partial charge in [-0.05, 0) is 67.7 Å². The van der Waals surface area contributed by atoms with Crippen molar-refractivity contribution in [2.75, 3.05) is 19.7 Å². The Bertz CT molecular complexity index is 628. The smallest absolute Gasteiger partial charge is 0.263 e. The van der Waals surface area contributed by atoms with Gasteiger partial charge >= 0.3 is 0 Å². The van der Waals surface area contributed by atoms with Crippen LogP contribution in [0.3, 0.4) is 0 Å². The molecule has 1 aromatic carbocycles. The zero-order valence-corrected chi connectivity index (χ0v) is 15.1. The maximum absolute atomic E-state index is 12.4. The summed E-state index contributed by atoms with van der Waals surface area (Å²) in [6.45, 7) is 4.50. The first-order valence-corrected chi connectivity index (χ1v) is 9.68. The molecular weight excluding hydrogens is 318 g/mol. The molecule has 1 aliphatic heterocycles. The molecule has 1 fully saturated rings. The number of hydrogen-bond acceptors (Lipinski definition) is 3. The van der Waals surface area contributed by atoms with Crippen LogP contribution in [0.5, 0.6) is 5.75 Å². The van der Waals surface area contributed by atoms with Crippen molar-refractivity contribution in [3.8, 4) is 5.75 Å². The third-order valence-electron chi connectivity index (χ3n) is 4.71. The van der Waals surface area contributed by atoms with E-state index in [1.165, 1.54) is 23.3 Å². The summed E-state index contributed by atoms with van der Waals surface area (Å²) in [5.74, 6) is 1.88. The number of carbonyl (C=O) groups excluding carboxylic acids is 1. The summed E-state index contributed by atoms with van der Waals surface area (Å²) >= 11 is 1.54. The van der Waals surface area contributed by atoms with Gasteiger partial charge in [-0.2, -0.15) is 0 Å². The number of piperidine rings is 1. The van der Waals surface area contributed by atoms with Gasteiger partial charge in [0, 0.05) is 13.1 Å². The second-order valence-corrected chi connectivity index (χ2v) is 7.28. The molecule has 1 amide bonds. The standard InChI is InChI=1S/C20H25NO2S/c1-2-23-18-9-7-16(8-10-18)5-6-17-11-13-21(14-12-17)20(22)19-4-3-15-24-19/h3-4,7-10,15,17H,2,5-6,11-14H2,1H3. The van der Waals surface area contributed by atoms with Crippen LogP contribution in [0.15, 0.2) is 41.8 Å². The average molecular weight is 343 g/mol. The molecule has 2 aromatic rings. The largest absolute Gasteiger partial charge is 0.494 e. The highest BCUT2D eigenvalue weighted by molar-refractivity contribution is 7.12. The minimum Gasteiger partial charge on any atom is -0.494 e. The normalized spacial score (nSPS) is 15.5. The number of aryl methyl sites for hydroxylation is 1. The fourth-order valence-corrected chi connectivity index (χ4v) is 3.96. The van der Waals surface area contributed by atoms with Gasteiger partial charge in [-0.15, -0.1) is 11.3 Å². The highest BCUT2D eigenvalue weighted by atomic mass is 32.1. The number of hydrogen-bond donors (Lipinski definition) is 0. The minimum absolute atomic E-state index is 0.204. The van der Waals surface area contributed by atoms with Gasteiger partial charge in [0.25, 0.3) is 5.91 Å². The van der Waals surface area contributed by atoms with E-state index in [0.717, 1.165) is 48.9 Å². The lowest BCUT2D eigenvalue weighted by Gasteiger charge is -2.31. The van der Waals surface area contributed by atoms with E-state index < -0.39 is 0 Å². The van der Waals surface area contributed by atoms with Crippen LogP contribution in [0.1, 0.15) is 41.4 Å². The Balaban J connectivity index is 1.43. The van der Waals surface area contributed by atoms with E-state index in [1.807, 2.05) is 29.3 Å². The van der Waals surface area contributed by atoms with Crippen molar-refractivity contribution in [3.05, 3.63) is 52.2 Å². The number of nitrogens with zero attached hydrogens (tertiary/aromatic N) is 1. The topological polar surface area (TPSA) is 29.5 Å². The van der Waals surface area contributed by atoms with E-state index >= 15 is 0 Å². The van der Waals surface area contributed by atoms with Gasteiger partial charge in [-0.1, -0.05) is 18.2 Å². The Morgan fingerprint density at radius 2 is 1.96 bits per heavy atom. The van der Waals surface area contributed by atoms with E-state index in [-0.39, 0.29) is 5.91 Å². The predicted molar refractivity (Wildman–Crippen MR) is 98.9 cm³/mol. The molecule has 0 spiro atoms. The van der Waals surface area contributed by atoms with Crippen molar-refractivity contribution < 1.29 is 9.53 Å². The van der Waals surface area contributed by atoms with Gasteiger partial charge in [-0.3, -0.25) is 4.79 Å². The molecule has 0 aliphatic carbocycles. The molecule has 3 nitrogen and oxygen atoms in total. The van der Waals surface area contributed by atoms with Gasteiger partial charge in [0.1, 0.15) is 5.75 Å². The lowest BCUT2D eigenvalue weighted by Crippen LogP contribution is -2.38. The van der Waals surface area contributed by atoms with Crippen molar-refractivity contribution in [2.24, 2.45) is 5.92 Å². The van der Waals surface area contributed by atoms with Crippen molar-refractivity contribution in [3.63, 3.8) is 0 Å². The summed E-state index contributed by atoms with van der Waals surface area (Å²) in [6, 6.07) is 12.3. The van der Waals surface area contributed by atoms with Gasteiger partial charge in [0.15, 0.2) is 0 Å². The first-order valence-electron chi connectivity index (χ1n) is 8.80. The van der Waals surface area contributed by atoms with Crippen LogP contribution in [0, 0.1) is 5.92 Å². The monoisotopic (exact) mass is 343 g/mol. The molecule has 1 aliphatic rings. The first-order chi connectivity index (χ1) is 11.8. The summed E-state index contributed by atoms with van der Waals surface area (Å²) in [7, 11) is 0. The number of carbonyl (C=O) groups is 1. The molecule has 0 N–H and O–H groups in total. The summed E-state index contributed by atoms with van der Waals surface area (Å²) in [4.78, 5) is 15.2. The van der Waals surface area contributed by atoms with E-state index in [2.05, 4.69) is 24.3 Å². The lowest BCUT2D eigenvalue weighted by molar-refractivity contribution is 0.0692. The number of thiophene rings is 1. The molecule has 0 bridgehead atoms. The van der Waals surface area contributed by atoms with Gasteiger partial charge in [0.05, 0.1) is 11.5 Å². The Labute approximate surface area is 148 Å². The van der Waals surface area contributed by atoms with Gasteiger partial charge in [-0.25, -0.2) is 0 Å². The quantitative estimate of drug-likeness (QED) is 0.765. The fraction of sp³-hybridized carbons (Fsp3) is 0.450. The summed E-state index contributed by atoms with van der Waals surface area (Å²) < 4.78 is 5.48. The SMILES string of the molecule is CCOc1ccc(CCC2CCN(C(=O)c3cccs3)CC2)cc1. The van der Waals surface area contributed by atoms with Crippen LogP contribution in [0.25, 0.3) is 0 Å². The highest BCUT2D eigenvalue weighted by Gasteiger charge is 2.23. The molecule has 1 saturated heterocycles. The summed E-state index contributed by atoms with van der Waals surface area (Å²) in [6.07, 6.45) is 4.55. The molecule has 4 heteroatoms. The Hall–Kier alpha value is -1.81. The van der Waals surface area contributed by atoms with Crippen LogP contribution in [0.4, 0.5) is 0 Å². The highest BCUT2D eigenvalue weighted by Crippen LogP contribution is 2.25. The number of amides is 1. The van der Waals surface area contributed by atoms with Crippen molar-refractivity contribution in [1.29, 1.82) is 0 Å². The van der Waals surface area contributed by atoms with Gasteiger partial charge in [0.2, 0.25) is 0 Å². The second-order valence-electron chi connectivity index (χ2n) is 6.33. The number of rotatable bonds is 6. The van der Waals surface area contributed by atoms with Gasteiger partial charge < -0.3 is 9.64 Å². The first kappa shape index (κ1) is 17.0. The van der Waals surface area contributed by atoms with Crippen molar-refractivity contribution in [2.45, 2.75) is 32.6 Å². The number of benzene rings is 1. The zero-order chi connectivity index (χ0) is 16.8. The Kier molecular flexibility index (Phi) is 5.91. The third-order valence-corrected chi connectivity index (χ3v) is 5.57. The summed E-state index contributed by atoms with van der Waals surface area (Å²) in [5.41, 5.74) is 1.37. The average Bonchev–Trinajstić information content (AvgIpc) is 3.16. The minimum atomic E-state index is 0.204. The Morgan fingerprint density at radius 3 is 2.58 bits per heavy atom. The second kappa shape index (κ2) is 8.34. The molecule has 0 saturated carbocycles. The number of ether oxygens (including phenoxy) is 1. The molecule has 0 atom stereocenters. The van der Waals surface area contributed by atoms with Crippen LogP contribution >= 0.6 is 11.3 Å². The maximum Gasteiger partial charge on any atom is 0.263 e. The van der Waals surface area contributed by atoms with Crippen LogP contribution in [0.2, 0.25) is 0 Å². The molecule has 1 aromatic heterocycles. The zero-order valence-electron chi connectivity index (χ0n) is 14.2. The van der Waals surface area contributed by atoms with Crippen molar-refractivity contribution >= 4 is 17.2 Å². The summed E-state index contributed by atoms with van der Waals surface area (Å²) in [5, 5.41) is 1.97. The molecule has 2 heterocycles. The fourth-order valence-electron chi connectivity index (χ4n) is 3.27. The van der Waals surface area contributed by atoms with Crippen LogP contribution < -0.4 is 4.74 Å². The van der Waals surface area contributed by atoms with E-state index in [0.29, 0.717) is 6.61 Å². The van der Waals surface area contributed by atoms with Crippen LogP contribution in [-0.4, -0.2) is 30.5 Å². The maximum atomic E-state index is 12.4. The molecule has 128 valence electrons.